The number of methoxy groups -OCH3 is 2. The van der Waals surface area contributed by atoms with Crippen molar-refractivity contribution in [1.29, 1.82) is 0 Å². The number of ether oxygens (including phenoxy) is 2. The van der Waals surface area contributed by atoms with E-state index in [9.17, 15) is 4.79 Å². The molecule has 0 aromatic heterocycles. The summed E-state index contributed by atoms with van der Waals surface area (Å²) in [7, 11) is 3.36. The molecule has 29 heavy (non-hydrogen) atoms. The third-order valence-corrected chi connectivity index (χ3v) is 6.10. The Hall–Kier alpha value is -2.18. The molecule has 0 atom stereocenters. The van der Waals surface area contributed by atoms with E-state index in [4.69, 9.17) is 9.47 Å². The van der Waals surface area contributed by atoms with E-state index in [-0.39, 0.29) is 5.91 Å². The Morgan fingerprint density at radius 3 is 2.41 bits per heavy atom. The van der Waals surface area contributed by atoms with E-state index in [0.29, 0.717) is 5.25 Å². The second kappa shape index (κ2) is 10.0. The fraction of sp³-hybridized carbons (Fsp3) is 0.435. The molecule has 1 amide bonds. The van der Waals surface area contributed by atoms with E-state index in [1.54, 1.807) is 26.0 Å². The van der Waals surface area contributed by atoms with Crippen LogP contribution in [0, 0.1) is 0 Å². The van der Waals surface area contributed by atoms with Crippen LogP contribution < -0.4 is 9.47 Å². The normalized spacial score (nSPS) is 14.9. The Bertz CT molecular complexity index is 833. The van der Waals surface area contributed by atoms with E-state index < -0.39 is 0 Å². The number of hydrogen-bond donors (Lipinski definition) is 0. The van der Waals surface area contributed by atoms with Gasteiger partial charge in [-0.25, -0.2) is 0 Å². The van der Waals surface area contributed by atoms with Crippen LogP contribution in [-0.4, -0.2) is 61.4 Å². The van der Waals surface area contributed by atoms with Gasteiger partial charge in [0.25, 0.3) is 5.91 Å². The average Bonchev–Trinajstić information content (AvgIpc) is 2.73. The van der Waals surface area contributed by atoms with Gasteiger partial charge in [0.1, 0.15) is 11.5 Å². The monoisotopic (exact) mass is 414 g/mol. The summed E-state index contributed by atoms with van der Waals surface area (Å²) in [6, 6.07) is 13.8. The number of hydrogen-bond acceptors (Lipinski definition) is 5. The number of benzene rings is 2. The largest absolute Gasteiger partial charge is 0.497 e. The van der Waals surface area contributed by atoms with Crippen LogP contribution >= 0.6 is 11.8 Å². The summed E-state index contributed by atoms with van der Waals surface area (Å²) in [4.78, 5) is 18.5. The van der Waals surface area contributed by atoms with Gasteiger partial charge in [-0.3, -0.25) is 9.69 Å². The maximum Gasteiger partial charge on any atom is 0.255 e. The Morgan fingerprint density at radius 2 is 1.76 bits per heavy atom. The molecule has 1 fully saturated rings. The zero-order valence-corrected chi connectivity index (χ0v) is 18.5. The first-order valence-electron chi connectivity index (χ1n) is 10.00. The molecule has 1 aliphatic heterocycles. The highest BCUT2D eigenvalue weighted by Crippen LogP contribution is 2.28. The first-order chi connectivity index (χ1) is 14.0. The van der Waals surface area contributed by atoms with E-state index in [2.05, 4.69) is 18.7 Å². The minimum Gasteiger partial charge on any atom is -0.497 e. The maximum absolute atomic E-state index is 13.1. The molecule has 1 saturated heterocycles. The van der Waals surface area contributed by atoms with Gasteiger partial charge in [0.2, 0.25) is 0 Å². The van der Waals surface area contributed by atoms with Crippen LogP contribution in [-0.2, 0) is 6.54 Å². The van der Waals surface area contributed by atoms with Gasteiger partial charge < -0.3 is 14.4 Å². The number of amides is 1. The number of piperazine rings is 1. The van der Waals surface area contributed by atoms with Gasteiger partial charge in [0, 0.05) is 48.4 Å². The molecular weight excluding hydrogens is 384 g/mol. The van der Waals surface area contributed by atoms with Gasteiger partial charge in [-0.2, -0.15) is 0 Å². The molecule has 1 aliphatic rings. The second-order valence-electron chi connectivity index (χ2n) is 7.41. The quantitative estimate of drug-likeness (QED) is 0.637. The first kappa shape index (κ1) is 21.5. The van der Waals surface area contributed by atoms with Crippen molar-refractivity contribution in [2.24, 2.45) is 0 Å². The lowest BCUT2D eigenvalue weighted by Crippen LogP contribution is -2.48. The van der Waals surface area contributed by atoms with Crippen molar-refractivity contribution in [3.8, 4) is 11.5 Å². The lowest BCUT2D eigenvalue weighted by Gasteiger charge is -2.35. The highest BCUT2D eigenvalue weighted by atomic mass is 32.2. The van der Waals surface area contributed by atoms with Crippen molar-refractivity contribution in [3.05, 3.63) is 53.6 Å². The molecule has 0 N–H and O–H groups in total. The van der Waals surface area contributed by atoms with Crippen molar-refractivity contribution in [2.75, 3.05) is 40.4 Å². The fourth-order valence-electron chi connectivity index (χ4n) is 3.53. The van der Waals surface area contributed by atoms with Crippen LogP contribution in [0.1, 0.15) is 29.8 Å². The lowest BCUT2D eigenvalue weighted by atomic mass is 10.1. The molecule has 3 rings (SSSR count). The lowest BCUT2D eigenvalue weighted by molar-refractivity contribution is 0.0624. The number of nitrogens with zero attached hydrogens (tertiary/aromatic N) is 2. The molecule has 0 unspecified atom stereocenters. The number of rotatable bonds is 7. The summed E-state index contributed by atoms with van der Waals surface area (Å²) in [5.41, 5.74) is 1.92. The zero-order valence-electron chi connectivity index (χ0n) is 17.7. The van der Waals surface area contributed by atoms with Crippen molar-refractivity contribution < 1.29 is 14.3 Å². The minimum absolute atomic E-state index is 0.132. The SMILES string of the molecule is COc1ccc(OC)c(CN2CCN(C(=O)c3ccccc3SC(C)C)CC2)c1. The molecule has 0 aliphatic carbocycles. The summed E-state index contributed by atoms with van der Waals surface area (Å²) < 4.78 is 10.8. The van der Waals surface area contributed by atoms with E-state index in [0.717, 1.165) is 60.2 Å². The van der Waals surface area contributed by atoms with Crippen LogP contribution in [0.25, 0.3) is 0 Å². The second-order valence-corrected chi connectivity index (χ2v) is 9.03. The summed E-state index contributed by atoms with van der Waals surface area (Å²) in [5.74, 6) is 1.82. The molecule has 2 aromatic rings. The molecule has 0 saturated carbocycles. The Labute approximate surface area is 178 Å². The van der Waals surface area contributed by atoms with E-state index >= 15 is 0 Å². The highest BCUT2D eigenvalue weighted by molar-refractivity contribution is 8.00. The Kier molecular flexibility index (Phi) is 7.45. The number of carbonyl (C=O) groups is 1. The third-order valence-electron chi connectivity index (χ3n) is 5.02. The summed E-state index contributed by atoms with van der Waals surface area (Å²) >= 11 is 1.74. The Morgan fingerprint density at radius 1 is 1.03 bits per heavy atom. The van der Waals surface area contributed by atoms with Crippen molar-refractivity contribution in [1.82, 2.24) is 9.80 Å². The van der Waals surface area contributed by atoms with Gasteiger partial charge in [-0.15, -0.1) is 11.8 Å². The smallest absolute Gasteiger partial charge is 0.255 e. The third kappa shape index (κ3) is 5.46. The zero-order chi connectivity index (χ0) is 20.8. The number of carbonyl (C=O) groups excluding carboxylic acids is 1. The van der Waals surface area contributed by atoms with E-state index in [1.807, 2.05) is 47.4 Å². The average molecular weight is 415 g/mol. The molecule has 0 radical (unpaired) electrons. The van der Waals surface area contributed by atoms with Gasteiger partial charge in [0.05, 0.1) is 19.8 Å². The molecule has 5 nitrogen and oxygen atoms in total. The molecule has 156 valence electrons. The predicted octanol–water partition coefficient (Wildman–Crippen LogP) is 4.16. The van der Waals surface area contributed by atoms with Gasteiger partial charge in [-0.1, -0.05) is 26.0 Å². The summed E-state index contributed by atoms with van der Waals surface area (Å²) in [5, 5.41) is 0.443. The van der Waals surface area contributed by atoms with Gasteiger partial charge in [-0.05, 0) is 30.3 Å². The first-order valence-corrected chi connectivity index (χ1v) is 10.9. The maximum atomic E-state index is 13.1. The number of thioether (sulfide) groups is 1. The topological polar surface area (TPSA) is 42.0 Å². The van der Waals surface area contributed by atoms with Crippen molar-refractivity contribution >= 4 is 17.7 Å². The van der Waals surface area contributed by atoms with Crippen LogP contribution in [0.5, 0.6) is 11.5 Å². The van der Waals surface area contributed by atoms with Crippen molar-refractivity contribution in [2.45, 2.75) is 30.5 Å². The van der Waals surface area contributed by atoms with Crippen LogP contribution in [0.2, 0.25) is 0 Å². The Balaban J connectivity index is 1.63. The van der Waals surface area contributed by atoms with Crippen LogP contribution in [0.15, 0.2) is 47.4 Å². The molecule has 1 heterocycles. The standard InChI is InChI=1S/C23H30N2O3S/c1-17(2)29-22-8-6-5-7-20(22)23(26)25-13-11-24(12-14-25)16-18-15-19(27-3)9-10-21(18)28-4/h5-10,15,17H,11-14,16H2,1-4H3. The molecule has 6 heteroatoms. The van der Waals surface area contributed by atoms with E-state index in [1.165, 1.54) is 0 Å². The molecule has 0 bridgehead atoms. The summed E-state index contributed by atoms with van der Waals surface area (Å²) in [6.07, 6.45) is 0. The fourth-order valence-corrected chi connectivity index (χ4v) is 4.47. The van der Waals surface area contributed by atoms with Crippen molar-refractivity contribution in [3.63, 3.8) is 0 Å². The van der Waals surface area contributed by atoms with Gasteiger partial charge in [0.15, 0.2) is 0 Å². The summed E-state index contributed by atoms with van der Waals surface area (Å²) in [6.45, 7) is 8.21. The van der Waals surface area contributed by atoms with Gasteiger partial charge >= 0.3 is 0 Å². The molecular formula is C23H30N2O3S. The highest BCUT2D eigenvalue weighted by Gasteiger charge is 2.24. The van der Waals surface area contributed by atoms with Crippen LogP contribution in [0.3, 0.4) is 0 Å². The predicted molar refractivity (Wildman–Crippen MR) is 118 cm³/mol. The molecule has 0 spiro atoms. The van der Waals surface area contributed by atoms with Crippen LogP contribution in [0.4, 0.5) is 0 Å². The molecule has 2 aromatic carbocycles. The minimum atomic E-state index is 0.132.